The molecule has 28 heavy (non-hydrogen) atoms. The Kier molecular flexibility index (Phi) is 6.20. The van der Waals surface area contributed by atoms with Crippen molar-refractivity contribution < 1.29 is 13.2 Å². The van der Waals surface area contributed by atoms with Crippen molar-refractivity contribution in [3.05, 3.63) is 66.2 Å². The summed E-state index contributed by atoms with van der Waals surface area (Å²) in [6, 6.07) is 18.5. The van der Waals surface area contributed by atoms with Crippen molar-refractivity contribution in [2.24, 2.45) is 5.92 Å². The van der Waals surface area contributed by atoms with E-state index in [4.69, 9.17) is 0 Å². The molecule has 1 atom stereocenters. The topological polar surface area (TPSA) is 66.5 Å². The van der Waals surface area contributed by atoms with Gasteiger partial charge in [0.1, 0.15) is 0 Å². The molecule has 0 saturated carbocycles. The van der Waals surface area contributed by atoms with Crippen LogP contribution in [0.4, 0.5) is 0 Å². The van der Waals surface area contributed by atoms with Gasteiger partial charge in [0.05, 0.1) is 10.8 Å². The summed E-state index contributed by atoms with van der Waals surface area (Å²) in [7, 11) is -3.57. The van der Waals surface area contributed by atoms with E-state index in [1.807, 2.05) is 44.2 Å². The van der Waals surface area contributed by atoms with E-state index in [0.29, 0.717) is 19.4 Å². The second-order valence-corrected chi connectivity index (χ2v) is 9.99. The highest BCUT2D eigenvalue weighted by molar-refractivity contribution is 7.89. The third-order valence-electron chi connectivity index (χ3n) is 5.09. The fraction of sp³-hybridized carbons (Fsp3) is 0.409. The van der Waals surface area contributed by atoms with Crippen molar-refractivity contribution in [2.45, 2.75) is 43.5 Å². The fourth-order valence-electron chi connectivity index (χ4n) is 3.70. The number of rotatable bonds is 6. The zero-order valence-corrected chi connectivity index (χ0v) is 17.3. The van der Waals surface area contributed by atoms with Gasteiger partial charge in [0.15, 0.2) is 0 Å². The molecule has 3 rings (SSSR count). The van der Waals surface area contributed by atoms with E-state index < -0.39 is 15.6 Å². The maximum atomic E-state index is 12.9. The van der Waals surface area contributed by atoms with Gasteiger partial charge in [-0.2, -0.15) is 4.31 Å². The Balaban J connectivity index is 1.66. The predicted molar refractivity (Wildman–Crippen MR) is 110 cm³/mol. The molecule has 0 aliphatic carbocycles. The average Bonchev–Trinajstić information content (AvgIpc) is 2.69. The molecule has 150 valence electrons. The summed E-state index contributed by atoms with van der Waals surface area (Å²) in [6.07, 6.45) is 2.11. The lowest BCUT2D eigenvalue weighted by atomic mass is 9.92. The molecule has 1 aliphatic rings. The Morgan fingerprint density at radius 2 is 1.68 bits per heavy atom. The quantitative estimate of drug-likeness (QED) is 0.810. The highest BCUT2D eigenvalue weighted by Crippen LogP contribution is 2.24. The zero-order valence-electron chi connectivity index (χ0n) is 16.5. The van der Waals surface area contributed by atoms with E-state index in [-0.39, 0.29) is 23.3 Å². The number of sulfonamides is 1. The summed E-state index contributed by atoms with van der Waals surface area (Å²) in [6.45, 7) is 4.68. The molecular weight excluding hydrogens is 372 g/mol. The lowest BCUT2D eigenvalue weighted by Crippen LogP contribution is -2.51. The molecule has 5 nitrogen and oxygen atoms in total. The van der Waals surface area contributed by atoms with Gasteiger partial charge in [-0.3, -0.25) is 4.79 Å². The van der Waals surface area contributed by atoms with Crippen LogP contribution in [0.1, 0.15) is 32.3 Å². The maximum absolute atomic E-state index is 12.9. The minimum absolute atomic E-state index is 0.0751. The van der Waals surface area contributed by atoms with Gasteiger partial charge in [-0.05, 0) is 50.8 Å². The first kappa shape index (κ1) is 20.6. The SMILES string of the molecule is CC(C)(Cc1ccccc1)NC(=O)[C@@H]1CCCN(S(=O)(=O)c2ccccc2)C1. The molecule has 2 aromatic carbocycles. The van der Waals surface area contributed by atoms with E-state index in [1.54, 1.807) is 30.3 Å². The molecule has 1 fully saturated rings. The summed E-state index contributed by atoms with van der Waals surface area (Å²) in [5, 5.41) is 3.13. The molecule has 1 heterocycles. The van der Waals surface area contributed by atoms with Crippen molar-refractivity contribution in [1.29, 1.82) is 0 Å². The normalized spacial score (nSPS) is 18.6. The third kappa shape index (κ3) is 5.00. The maximum Gasteiger partial charge on any atom is 0.243 e. The molecule has 1 saturated heterocycles. The average molecular weight is 401 g/mol. The number of carbonyl (C=O) groups is 1. The molecule has 0 radical (unpaired) electrons. The molecular formula is C22H28N2O3S. The van der Waals surface area contributed by atoms with Gasteiger partial charge in [-0.25, -0.2) is 8.42 Å². The Morgan fingerprint density at radius 1 is 1.07 bits per heavy atom. The first-order valence-corrected chi connectivity index (χ1v) is 11.1. The van der Waals surface area contributed by atoms with Gasteiger partial charge in [0.2, 0.25) is 15.9 Å². The summed E-state index contributed by atoms with van der Waals surface area (Å²) in [5.41, 5.74) is 0.753. The first-order chi connectivity index (χ1) is 13.3. The number of nitrogens with zero attached hydrogens (tertiary/aromatic N) is 1. The summed E-state index contributed by atoms with van der Waals surface area (Å²) in [4.78, 5) is 13.2. The largest absolute Gasteiger partial charge is 0.351 e. The van der Waals surface area contributed by atoms with Crippen LogP contribution in [0.3, 0.4) is 0 Å². The lowest BCUT2D eigenvalue weighted by Gasteiger charge is -2.34. The predicted octanol–water partition coefficient (Wildman–Crippen LogP) is 3.22. The second-order valence-electron chi connectivity index (χ2n) is 8.05. The highest BCUT2D eigenvalue weighted by Gasteiger charge is 2.34. The summed E-state index contributed by atoms with van der Waals surface area (Å²) in [5.74, 6) is -0.406. The molecule has 0 unspecified atom stereocenters. The van der Waals surface area contributed by atoms with Gasteiger partial charge in [-0.1, -0.05) is 48.5 Å². The van der Waals surface area contributed by atoms with E-state index in [0.717, 1.165) is 12.0 Å². The summed E-state index contributed by atoms with van der Waals surface area (Å²) >= 11 is 0. The van der Waals surface area contributed by atoms with Crippen LogP contribution in [0.15, 0.2) is 65.6 Å². The number of piperidine rings is 1. The van der Waals surface area contributed by atoms with E-state index in [2.05, 4.69) is 5.32 Å². The monoisotopic (exact) mass is 400 g/mol. The Labute approximate surface area is 167 Å². The van der Waals surface area contributed by atoms with Crippen LogP contribution in [-0.4, -0.2) is 37.3 Å². The van der Waals surface area contributed by atoms with Crippen LogP contribution in [0.25, 0.3) is 0 Å². The van der Waals surface area contributed by atoms with Gasteiger partial charge in [0, 0.05) is 18.6 Å². The van der Waals surface area contributed by atoms with E-state index in [1.165, 1.54) is 4.31 Å². The molecule has 2 aromatic rings. The second kappa shape index (κ2) is 8.45. The van der Waals surface area contributed by atoms with Crippen molar-refractivity contribution in [3.8, 4) is 0 Å². The number of hydrogen-bond acceptors (Lipinski definition) is 3. The number of benzene rings is 2. The Morgan fingerprint density at radius 3 is 2.32 bits per heavy atom. The van der Waals surface area contributed by atoms with Gasteiger partial charge in [-0.15, -0.1) is 0 Å². The van der Waals surface area contributed by atoms with E-state index in [9.17, 15) is 13.2 Å². The molecule has 0 aromatic heterocycles. The summed E-state index contributed by atoms with van der Waals surface area (Å²) < 4.78 is 27.2. The fourth-order valence-corrected chi connectivity index (χ4v) is 5.25. The number of carbonyl (C=O) groups excluding carboxylic acids is 1. The molecule has 1 N–H and O–H groups in total. The van der Waals surface area contributed by atoms with Gasteiger partial charge >= 0.3 is 0 Å². The van der Waals surface area contributed by atoms with Crippen molar-refractivity contribution in [2.75, 3.05) is 13.1 Å². The number of amides is 1. The third-order valence-corrected chi connectivity index (χ3v) is 6.97. The van der Waals surface area contributed by atoms with Crippen LogP contribution >= 0.6 is 0 Å². The lowest BCUT2D eigenvalue weighted by molar-refractivity contribution is -0.127. The minimum Gasteiger partial charge on any atom is -0.351 e. The number of hydrogen-bond donors (Lipinski definition) is 1. The Bertz CT molecular complexity index is 896. The smallest absolute Gasteiger partial charge is 0.243 e. The molecule has 1 aliphatic heterocycles. The highest BCUT2D eigenvalue weighted by atomic mass is 32.2. The van der Waals surface area contributed by atoms with Gasteiger partial charge in [0.25, 0.3) is 0 Å². The Hall–Kier alpha value is -2.18. The molecule has 0 bridgehead atoms. The number of nitrogens with one attached hydrogen (secondary N) is 1. The molecule has 1 amide bonds. The zero-order chi connectivity index (χ0) is 20.2. The van der Waals surface area contributed by atoms with Crippen molar-refractivity contribution >= 4 is 15.9 Å². The minimum atomic E-state index is -3.57. The van der Waals surface area contributed by atoms with Gasteiger partial charge < -0.3 is 5.32 Å². The van der Waals surface area contributed by atoms with Crippen LogP contribution in [0, 0.1) is 5.92 Å². The van der Waals surface area contributed by atoms with Crippen LogP contribution in [0.5, 0.6) is 0 Å². The molecule has 0 spiro atoms. The first-order valence-electron chi connectivity index (χ1n) is 9.69. The van der Waals surface area contributed by atoms with Crippen LogP contribution in [0.2, 0.25) is 0 Å². The van der Waals surface area contributed by atoms with Crippen LogP contribution in [-0.2, 0) is 21.2 Å². The standard InChI is InChI=1S/C22H28N2O3S/c1-22(2,16-18-10-5-3-6-11-18)23-21(25)19-12-9-15-24(17-19)28(26,27)20-13-7-4-8-14-20/h3-8,10-11,13-14,19H,9,12,15-17H2,1-2H3,(H,23,25)/t19-/m1/s1. The molecule has 6 heteroatoms. The van der Waals surface area contributed by atoms with E-state index >= 15 is 0 Å². The van der Waals surface area contributed by atoms with Crippen molar-refractivity contribution in [1.82, 2.24) is 9.62 Å². The van der Waals surface area contributed by atoms with Crippen molar-refractivity contribution in [3.63, 3.8) is 0 Å². The van der Waals surface area contributed by atoms with Crippen LogP contribution < -0.4 is 5.32 Å².